The van der Waals surface area contributed by atoms with Crippen LogP contribution in [0.3, 0.4) is 0 Å². The first-order valence-electron chi connectivity index (χ1n) is 3.77. The topological polar surface area (TPSA) is 26.3 Å². The number of esters is 1. The molecule has 0 saturated carbocycles. The Morgan fingerprint density at radius 2 is 2.36 bits per heavy atom. The summed E-state index contributed by atoms with van der Waals surface area (Å²) < 4.78 is 4.89. The van der Waals surface area contributed by atoms with Crippen LogP contribution in [0.15, 0.2) is 0 Å². The molecule has 0 heterocycles. The molecule has 2 heteroatoms. The molecule has 0 aliphatic carbocycles. The third-order valence-electron chi connectivity index (χ3n) is 1.30. The SMILES string of the molecule is C#CCCCC(C)OC(C)=O. The highest BCUT2D eigenvalue weighted by atomic mass is 16.5. The van der Waals surface area contributed by atoms with Crippen LogP contribution in [0.25, 0.3) is 0 Å². The largest absolute Gasteiger partial charge is 0.463 e. The summed E-state index contributed by atoms with van der Waals surface area (Å²) in [7, 11) is 0. The maximum Gasteiger partial charge on any atom is 0.302 e. The van der Waals surface area contributed by atoms with Crippen molar-refractivity contribution in [2.24, 2.45) is 0 Å². The van der Waals surface area contributed by atoms with Gasteiger partial charge in [-0.15, -0.1) is 12.3 Å². The monoisotopic (exact) mass is 154 g/mol. The van der Waals surface area contributed by atoms with Gasteiger partial charge in [0.15, 0.2) is 0 Å². The standard InChI is InChI=1S/C9H14O2/c1-4-5-6-7-8(2)11-9(3)10/h1,8H,5-7H2,2-3H3. The van der Waals surface area contributed by atoms with Gasteiger partial charge in [-0.25, -0.2) is 0 Å². The zero-order valence-corrected chi connectivity index (χ0v) is 7.09. The van der Waals surface area contributed by atoms with Gasteiger partial charge in [0, 0.05) is 13.3 Å². The molecule has 11 heavy (non-hydrogen) atoms. The Kier molecular flexibility index (Phi) is 5.28. The van der Waals surface area contributed by atoms with E-state index in [1.54, 1.807) is 0 Å². The van der Waals surface area contributed by atoms with Crippen LogP contribution in [0.2, 0.25) is 0 Å². The molecular formula is C9H14O2. The van der Waals surface area contributed by atoms with Crippen molar-refractivity contribution in [1.29, 1.82) is 0 Å². The second kappa shape index (κ2) is 5.79. The molecule has 0 aromatic heterocycles. The molecule has 0 N–H and O–H groups in total. The fraction of sp³-hybridized carbons (Fsp3) is 0.667. The number of hydrogen-bond acceptors (Lipinski definition) is 2. The minimum atomic E-state index is -0.224. The highest BCUT2D eigenvalue weighted by molar-refractivity contribution is 5.66. The number of unbranched alkanes of at least 4 members (excludes halogenated alkanes) is 1. The van der Waals surface area contributed by atoms with Crippen LogP contribution in [-0.2, 0) is 9.53 Å². The molecule has 0 fully saturated rings. The molecule has 62 valence electrons. The number of rotatable bonds is 4. The lowest BCUT2D eigenvalue weighted by molar-refractivity contribution is -0.145. The van der Waals surface area contributed by atoms with Gasteiger partial charge >= 0.3 is 5.97 Å². The lowest BCUT2D eigenvalue weighted by atomic mass is 10.2. The van der Waals surface area contributed by atoms with Gasteiger partial charge in [-0.1, -0.05) is 0 Å². The van der Waals surface area contributed by atoms with Gasteiger partial charge < -0.3 is 4.74 Å². The van der Waals surface area contributed by atoms with Crippen LogP contribution in [-0.4, -0.2) is 12.1 Å². The number of terminal acetylenes is 1. The summed E-state index contributed by atoms with van der Waals surface area (Å²) in [5.41, 5.74) is 0. The zero-order valence-electron chi connectivity index (χ0n) is 7.09. The Labute approximate surface area is 67.9 Å². The first kappa shape index (κ1) is 10.0. The van der Waals surface area contributed by atoms with Gasteiger partial charge in [0.1, 0.15) is 0 Å². The van der Waals surface area contributed by atoms with Gasteiger partial charge in [0.05, 0.1) is 6.10 Å². The quantitative estimate of drug-likeness (QED) is 0.350. The van der Waals surface area contributed by atoms with E-state index in [0.29, 0.717) is 0 Å². The molecule has 1 atom stereocenters. The van der Waals surface area contributed by atoms with E-state index in [9.17, 15) is 4.79 Å². The molecule has 0 spiro atoms. The summed E-state index contributed by atoms with van der Waals surface area (Å²) in [4.78, 5) is 10.4. The Morgan fingerprint density at radius 3 is 2.82 bits per heavy atom. The van der Waals surface area contributed by atoms with Crippen molar-refractivity contribution in [3.05, 3.63) is 0 Å². The van der Waals surface area contributed by atoms with E-state index < -0.39 is 0 Å². The normalized spacial score (nSPS) is 11.7. The van der Waals surface area contributed by atoms with Crippen LogP contribution in [0.5, 0.6) is 0 Å². The highest BCUT2D eigenvalue weighted by Crippen LogP contribution is 2.03. The molecule has 0 aromatic rings. The summed E-state index contributed by atoms with van der Waals surface area (Å²) in [5.74, 6) is 2.31. The molecule has 2 nitrogen and oxygen atoms in total. The first-order valence-corrected chi connectivity index (χ1v) is 3.77. The Morgan fingerprint density at radius 1 is 1.73 bits per heavy atom. The number of ether oxygens (including phenoxy) is 1. The molecule has 0 amide bonds. The van der Waals surface area contributed by atoms with Crippen LogP contribution in [0.4, 0.5) is 0 Å². The zero-order chi connectivity index (χ0) is 8.69. The van der Waals surface area contributed by atoms with Crippen molar-refractivity contribution in [3.63, 3.8) is 0 Å². The van der Waals surface area contributed by atoms with Gasteiger partial charge in [0.2, 0.25) is 0 Å². The third kappa shape index (κ3) is 6.92. The average molecular weight is 154 g/mol. The van der Waals surface area contributed by atoms with Gasteiger partial charge in [0.25, 0.3) is 0 Å². The molecule has 0 rings (SSSR count). The van der Waals surface area contributed by atoms with Gasteiger partial charge in [-0.3, -0.25) is 4.79 Å². The molecule has 0 aliphatic heterocycles. The van der Waals surface area contributed by atoms with Crippen LogP contribution >= 0.6 is 0 Å². The molecule has 0 saturated heterocycles. The maximum absolute atomic E-state index is 10.4. The Bertz CT molecular complexity index is 155. The van der Waals surface area contributed by atoms with Crippen molar-refractivity contribution in [3.8, 4) is 12.3 Å². The maximum atomic E-state index is 10.4. The predicted molar refractivity (Wildman–Crippen MR) is 43.9 cm³/mol. The molecule has 0 bridgehead atoms. The smallest absolute Gasteiger partial charge is 0.302 e. The second-order valence-corrected chi connectivity index (χ2v) is 2.52. The van der Waals surface area contributed by atoms with Crippen molar-refractivity contribution >= 4 is 5.97 Å². The lowest BCUT2D eigenvalue weighted by Crippen LogP contribution is -2.11. The number of carbonyl (C=O) groups is 1. The second-order valence-electron chi connectivity index (χ2n) is 2.52. The molecule has 0 radical (unpaired) electrons. The molecule has 0 aliphatic rings. The van der Waals surface area contributed by atoms with E-state index in [1.165, 1.54) is 6.92 Å². The summed E-state index contributed by atoms with van der Waals surface area (Å²) >= 11 is 0. The van der Waals surface area contributed by atoms with E-state index >= 15 is 0 Å². The summed E-state index contributed by atoms with van der Waals surface area (Å²) in [6, 6.07) is 0. The number of carbonyl (C=O) groups excluding carboxylic acids is 1. The van der Waals surface area contributed by atoms with Crippen LogP contribution in [0.1, 0.15) is 33.1 Å². The van der Waals surface area contributed by atoms with Gasteiger partial charge in [-0.05, 0) is 19.8 Å². The summed E-state index contributed by atoms with van der Waals surface area (Å²) in [6.07, 6.45) is 7.59. The summed E-state index contributed by atoms with van der Waals surface area (Å²) in [5, 5.41) is 0. The average Bonchev–Trinajstić information content (AvgIpc) is 1.86. The van der Waals surface area contributed by atoms with Crippen LogP contribution < -0.4 is 0 Å². The van der Waals surface area contributed by atoms with E-state index in [-0.39, 0.29) is 12.1 Å². The minimum Gasteiger partial charge on any atom is -0.463 e. The van der Waals surface area contributed by atoms with Crippen molar-refractivity contribution in [1.82, 2.24) is 0 Å². The highest BCUT2D eigenvalue weighted by Gasteiger charge is 2.03. The summed E-state index contributed by atoms with van der Waals surface area (Å²) in [6.45, 7) is 3.29. The van der Waals surface area contributed by atoms with E-state index in [4.69, 9.17) is 11.2 Å². The molecule has 0 aromatic carbocycles. The Hall–Kier alpha value is -0.970. The minimum absolute atomic E-state index is 0.000787. The fourth-order valence-electron chi connectivity index (χ4n) is 0.834. The van der Waals surface area contributed by atoms with Crippen molar-refractivity contribution in [2.75, 3.05) is 0 Å². The van der Waals surface area contributed by atoms with E-state index in [1.807, 2.05) is 6.92 Å². The van der Waals surface area contributed by atoms with E-state index in [0.717, 1.165) is 19.3 Å². The fourth-order valence-corrected chi connectivity index (χ4v) is 0.834. The van der Waals surface area contributed by atoms with Gasteiger partial charge in [-0.2, -0.15) is 0 Å². The molecular weight excluding hydrogens is 140 g/mol. The third-order valence-corrected chi connectivity index (χ3v) is 1.30. The van der Waals surface area contributed by atoms with E-state index in [2.05, 4.69) is 5.92 Å². The predicted octanol–water partition coefficient (Wildman–Crippen LogP) is 1.74. The Balaban J connectivity index is 3.31. The molecule has 1 unspecified atom stereocenters. The first-order chi connectivity index (χ1) is 5.16. The van der Waals surface area contributed by atoms with Crippen molar-refractivity contribution < 1.29 is 9.53 Å². The lowest BCUT2D eigenvalue weighted by Gasteiger charge is -2.09. The van der Waals surface area contributed by atoms with Crippen molar-refractivity contribution in [2.45, 2.75) is 39.2 Å². The number of hydrogen-bond donors (Lipinski definition) is 0. The van der Waals surface area contributed by atoms with Crippen LogP contribution in [0, 0.1) is 12.3 Å².